The van der Waals surface area contributed by atoms with Crippen LogP contribution in [0.5, 0.6) is 0 Å². The second-order valence-electron chi connectivity index (χ2n) is 2.08. The molecule has 2 atom stereocenters. The average Bonchev–Trinajstić information content (AvgIpc) is 2.43. The Labute approximate surface area is 42.9 Å². The molecule has 0 saturated heterocycles. The van der Waals surface area contributed by atoms with Gasteiger partial charge in [-0.15, -0.1) is 0 Å². The van der Waals surface area contributed by atoms with E-state index in [0.717, 1.165) is 12.8 Å². The summed E-state index contributed by atoms with van der Waals surface area (Å²) in [6.07, 6.45) is 2.16. The van der Waals surface area contributed by atoms with E-state index in [1.807, 2.05) is 0 Å². The molecule has 0 spiro atoms. The first-order valence-corrected chi connectivity index (χ1v) is 2.71. The van der Waals surface area contributed by atoms with Crippen molar-refractivity contribution in [3.05, 3.63) is 4.91 Å². The number of nitroso groups, excluding NO2 is 1. The largest absolute Gasteiger partial charge is 0.151 e. The fourth-order valence-electron chi connectivity index (χ4n) is 0.799. The fraction of sp³-hybridized carbons (Fsp3) is 1.00. The maximum Gasteiger partial charge on any atom is 0.0951 e. The molecule has 40 valence electrons. The molecular weight excluding hydrogens is 90.1 g/mol. The lowest BCUT2D eigenvalue weighted by molar-refractivity contribution is 0.757. The van der Waals surface area contributed by atoms with Gasteiger partial charge in [-0.1, -0.05) is 18.5 Å². The minimum absolute atomic E-state index is 0.185. The highest BCUT2D eigenvalue weighted by molar-refractivity contribution is 4.91. The highest BCUT2D eigenvalue weighted by Gasteiger charge is 2.36. The van der Waals surface area contributed by atoms with Gasteiger partial charge < -0.3 is 0 Å². The summed E-state index contributed by atoms with van der Waals surface area (Å²) in [7, 11) is 0. The van der Waals surface area contributed by atoms with E-state index in [4.69, 9.17) is 0 Å². The Morgan fingerprint density at radius 2 is 2.57 bits per heavy atom. The van der Waals surface area contributed by atoms with Crippen LogP contribution < -0.4 is 0 Å². The fourth-order valence-corrected chi connectivity index (χ4v) is 0.799. The van der Waals surface area contributed by atoms with Gasteiger partial charge in [0.1, 0.15) is 0 Å². The quantitative estimate of drug-likeness (QED) is 0.483. The van der Waals surface area contributed by atoms with Gasteiger partial charge in [-0.05, 0) is 12.3 Å². The molecule has 1 aliphatic carbocycles. The van der Waals surface area contributed by atoms with Crippen LogP contribution in [0.2, 0.25) is 0 Å². The average molecular weight is 99.1 g/mol. The molecular formula is C5H9NO. The molecule has 1 rings (SSSR count). The predicted molar refractivity (Wildman–Crippen MR) is 28.0 cm³/mol. The number of nitrogens with zero attached hydrogens (tertiary/aromatic N) is 1. The van der Waals surface area contributed by atoms with Crippen molar-refractivity contribution in [2.24, 2.45) is 11.1 Å². The SMILES string of the molecule is CC[C@H]1CC1N=O. The summed E-state index contributed by atoms with van der Waals surface area (Å²) >= 11 is 0. The summed E-state index contributed by atoms with van der Waals surface area (Å²) in [6, 6.07) is 0.185. The van der Waals surface area contributed by atoms with Crippen LogP contribution in [0.25, 0.3) is 0 Å². The van der Waals surface area contributed by atoms with Crippen molar-refractivity contribution < 1.29 is 0 Å². The van der Waals surface area contributed by atoms with Gasteiger partial charge in [0.25, 0.3) is 0 Å². The first kappa shape index (κ1) is 4.75. The van der Waals surface area contributed by atoms with Gasteiger partial charge in [0.05, 0.1) is 6.04 Å². The summed E-state index contributed by atoms with van der Waals surface area (Å²) in [6.45, 7) is 2.09. The number of rotatable bonds is 2. The lowest BCUT2D eigenvalue weighted by atomic mass is 10.3. The van der Waals surface area contributed by atoms with E-state index in [-0.39, 0.29) is 6.04 Å². The van der Waals surface area contributed by atoms with Gasteiger partial charge in [-0.25, -0.2) is 0 Å². The van der Waals surface area contributed by atoms with Crippen molar-refractivity contribution in [1.82, 2.24) is 0 Å². The molecule has 0 bridgehead atoms. The van der Waals surface area contributed by atoms with E-state index in [1.165, 1.54) is 0 Å². The highest BCUT2D eigenvalue weighted by Crippen LogP contribution is 2.35. The molecule has 0 heterocycles. The Kier molecular flexibility index (Phi) is 1.09. The summed E-state index contributed by atoms with van der Waals surface area (Å²) in [5.74, 6) is 0.637. The van der Waals surface area contributed by atoms with Crippen LogP contribution in [0.1, 0.15) is 19.8 Å². The van der Waals surface area contributed by atoms with Crippen LogP contribution in [0.3, 0.4) is 0 Å². The van der Waals surface area contributed by atoms with Gasteiger partial charge in [-0.2, -0.15) is 4.91 Å². The van der Waals surface area contributed by atoms with E-state index in [0.29, 0.717) is 5.92 Å². The standard InChI is InChI=1S/C5H9NO/c1-2-4-3-5(4)6-7/h4-5H,2-3H2,1H3/t4-,5?/m0/s1. The zero-order valence-electron chi connectivity index (χ0n) is 4.42. The van der Waals surface area contributed by atoms with Crippen LogP contribution >= 0.6 is 0 Å². The first-order valence-electron chi connectivity index (χ1n) is 2.71. The molecule has 7 heavy (non-hydrogen) atoms. The summed E-state index contributed by atoms with van der Waals surface area (Å²) in [4.78, 5) is 9.69. The molecule has 1 saturated carbocycles. The summed E-state index contributed by atoms with van der Waals surface area (Å²) in [5, 5.41) is 2.90. The summed E-state index contributed by atoms with van der Waals surface area (Å²) < 4.78 is 0. The molecule has 0 radical (unpaired) electrons. The Balaban J connectivity index is 2.17. The molecule has 1 fully saturated rings. The molecule has 0 aliphatic heterocycles. The maximum atomic E-state index is 9.69. The second kappa shape index (κ2) is 1.60. The van der Waals surface area contributed by atoms with Gasteiger partial charge >= 0.3 is 0 Å². The zero-order chi connectivity index (χ0) is 5.28. The van der Waals surface area contributed by atoms with Gasteiger partial charge in [0.2, 0.25) is 0 Å². The lowest BCUT2D eigenvalue weighted by Gasteiger charge is -1.77. The molecule has 0 aromatic rings. The third-order valence-corrected chi connectivity index (χ3v) is 1.55. The summed E-state index contributed by atoms with van der Waals surface area (Å²) in [5.41, 5.74) is 0. The molecule has 0 aromatic heterocycles. The normalized spacial score (nSPS) is 37.9. The van der Waals surface area contributed by atoms with E-state index >= 15 is 0 Å². The van der Waals surface area contributed by atoms with Gasteiger partial charge in [0, 0.05) is 0 Å². The van der Waals surface area contributed by atoms with Crippen molar-refractivity contribution in [2.45, 2.75) is 25.8 Å². The Bertz CT molecular complexity index is 82.1. The molecule has 0 amide bonds. The van der Waals surface area contributed by atoms with Crippen LogP contribution in [0.15, 0.2) is 5.18 Å². The van der Waals surface area contributed by atoms with Crippen molar-refractivity contribution in [2.75, 3.05) is 0 Å². The minimum atomic E-state index is 0.185. The third kappa shape index (κ3) is 0.787. The second-order valence-corrected chi connectivity index (χ2v) is 2.08. The van der Waals surface area contributed by atoms with Gasteiger partial charge in [0.15, 0.2) is 0 Å². The topological polar surface area (TPSA) is 29.4 Å². The van der Waals surface area contributed by atoms with E-state index < -0.39 is 0 Å². The molecule has 0 N–H and O–H groups in total. The van der Waals surface area contributed by atoms with Crippen LogP contribution in [-0.2, 0) is 0 Å². The lowest BCUT2D eigenvalue weighted by Crippen LogP contribution is -1.76. The van der Waals surface area contributed by atoms with E-state index in [2.05, 4.69) is 12.1 Å². The molecule has 2 heteroatoms. The van der Waals surface area contributed by atoms with Crippen LogP contribution in [0, 0.1) is 10.8 Å². The smallest absolute Gasteiger partial charge is 0.0951 e. The van der Waals surface area contributed by atoms with Gasteiger partial charge in [-0.3, -0.25) is 0 Å². The maximum absolute atomic E-state index is 9.69. The first-order chi connectivity index (χ1) is 3.38. The predicted octanol–water partition coefficient (Wildman–Crippen LogP) is 1.55. The minimum Gasteiger partial charge on any atom is -0.151 e. The Hall–Kier alpha value is -0.400. The van der Waals surface area contributed by atoms with Crippen molar-refractivity contribution >= 4 is 0 Å². The van der Waals surface area contributed by atoms with Crippen molar-refractivity contribution in [3.63, 3.8) is 0 Å². The molecule has 2 nitrogen and oxygen atoms in total. The zero-order valence-corrected chi connectivity index (χ0v) is 4.42. The third-order valence-electron chi connectivity index (χ3n) is 1.55. The highest BCUT2D eigenvalue weighted by atomic mass is 16.3. The Morgan fingerprint density at radius 1 is 1.86 bits per heavy atom. The number of hydrogen-bond donors (Lipinski definition) is 0. The van der Waals surface area contributed by atoms with E-state index in [1.54, 1.807) is 0 Å². The monoisotopic (exact) mass is 99.1 g/mol. The number of hydrogen-bond acceptors (Lipinski definition) is 2. The molecule has 1 unspecified atom stereocenters. The Morgan fingerprint density at radius 3 is 2.71 bits per heavy atom. The van der Waals surface area contributed by atoms with Crippen LogP contribution in [0.4, 0.5) is 0 Å². The van der Waals surface area contributed by atoms with Crippen molar-refractivity contribution in [3.8, 4) is 0 Å². The molecule has 1 aliphatic rings. The molecule has 0 aromatic carbocycles. The van der Waals surface area contributed by atoms with Crippen molar-refractivity contribution in [1.29, 1.82) is 0 Å². The van der Waals surface area contributed by atoms with E-state index in [9.17, 15) is 4.91 Å². The van der Waals surface area contributed by atoms with Crippen LogP contribution in [-0.4, -0.2) is 6.04 Å².